The van der Waals surface area contributed by atoms with Crippen molar-refractivity contribution in [1.29, 1.82) is 0 Å². The summed E-state index contributed by atoms with van der Waals surface area (Å²) in [5, 5.41) is 3.10. The molecule has 0 aliphatic carbocycles. The molecule has 4 heteroatoms. The predicted octanol–water partition coefficient (Wildman–Crippen LogP) is 0.214. The molecule has 0 spiro atoms. The Labute approximate surface area is 52.2 Å². The monoisotopic (exact) mass is 125 g/mol. The Morgan fingerprint density at radius 2 is 2.67 bits per heavy atom. The molecule has 4 nitrogen and oxygen atoms in total. The molecule has 1 aliphatic heterocycles. The first-order valence-electron chi connectivity index (χ1n) is 2.87. The van der Waals surface area contributed by atoms with E-state index in [1.807, 2.05) is 0 Å². The fraction of sp³-hybridized carbons (Fsp3) is 0.400. The number of fused-ring (bicyclic) bond motifs is 1. The second-order valence-corrected chi connectivity index (χ2v) is 1.86. The molecule has 0 unspecified atom stereocenters. The molecule has 0 aromatic carbocycles. The molecule has 0 saturated heterocycles. The fourth-order valence-corrected chi connectivity index (χ4v) is 0.842. The summed E-state index contributed by atoms with van der Waals surface area (Å²) < 4.78 is 5.16. The van der Waals surface area contributed by atoms with Crippen LogP contribution in [0.5, 0.6) is 5.88 Å². The predicted molar refractivity (Wildman–Crippen MR) is 32.6 cm³/mol. The van der Waals surface area contributed by atoms with Crippen LogP contribution in [0.3, 0.4) is 0 Å². The van der Waals surface area contributed by atoms with Gasteiger partial charge < -0.3 is 15.0 Å². The van der Waals surface area contributed by atoms with Crippen LogP contribution in [0, 0.1) is 0 Å². The summed E-state index contributed by atoms with van der Waals surface area (Å²) in [7, 11) is 0. The summed E-state index contributed by atoms with van der Waals surface area (Å²) in [5.41, 5.74) is 0. The van der Waals surface area contributed by atoms with Crippen molar-refractivity contribution in [3.63, 3.8) is 0 Å². The summed E-state index contributed by atoms with van der Waals surface area (Å²) >= 11 is 0. The quantitative estimate of drug-likeness (QED) is 0.521. The Bertz CT molecular complexity index is 187. The van der Waals surface area contributed by atoms with Gasteiger partial charge in [-0.05, 0) is 0 Å². The lowest BCUT2D eigenvalue weighted by molar-refractivity contribution is 0.312. The second kappa shape index (κ2) is 1.65. The summed E-state index contributed by atoms with van der Waals surface area (Å²) in [4.78, 5) is 6.83. The van der Waals surface area contributed by atoms with Gasteiger partial charge in [-0.2, -0.15) is 0 Å². The van der Waals surface area contributed by atoms with Crippen LogP contribution in [0.25, 0.3) is 0 Å². The van der Waals surface area contributed by atoms with Crippen molar-refractivity contribution >= 4 is 5.82 Å². The van der Waals surface area contributed by atoms with Gasteiger partial charge in [-0.1, -0.05) is 0 Å². The van der Waals surface area contributed by atoms with E-state index in [1.54, 1.807) is 6.33 Å². The van der Waals surface area contributed by atoms with Gasteiger partial charge in [0.15, 0.2) is 5.82 Å². The van der Waals surface area contributed by atoms with Gasteiger partial charge in [0.25, 0.3) is 5.88 Å². The molecule has 2 N–H and O–H groups in total. The topological polar surface area (TPSA) is 49.9 Å². The number of nitrogens with zero attached hydrogens (tertiary/aromatic N) is 1. The van der Waals surface area contributed by atoms with E-state index in [0.717, 1.165) is 12.4 Å². The standard InChI is InChI=1S/C5H7N3O/c1-2-9-5-4(6-1)7-3-8-5/h3,6H,1-2H2,(H,7,8). The number of rotatable bonds is 0. The second-order valence-electron chi connectivity index (χ2n) is 1.86. The van der Waals surface area contributed by atoms with Gasteiger partial charge in [0.2, 0.25) is 0 Å². The van der Waals surface area contributed by atoms with Crippen LogP contribution in [0.4, 0.5) is 5.82 Å². The van der Waals surface area contributed by atoms with Crippen molar-refractivity contribution in [2.45, 2.75) is 0 Å². The molecule has 9 heavy (non-hydrogen) atoms. The van der Waals surface area contributed by atoms with Gasteiger partial charge >= 0.3 is 0 Å². The summed E-state index contributed by atoms with van der Waals surface area (Å²) in [6.07, 6.45) is 1.61. The van der Waals surface area contributed by atoms with Crippen LogP contribution in [0.2, 0.25) is 0 Å². The number of imidazole rings is 1. The average Bonchev–Trinajstić information content (AvgIpc) is 2.33. The zero-order valence-corrected chi connectivity index (χ0v) is 4.85. The zero-order valence-electron chi connectivity index (χ0n) is 4.85. The van der Waals surface area contributed by atoms with Gasteiger partial charge in [-0.15, -0.1) is 0 Å². The average molecular weight is 125 g/mol. The van der Waals surface area contributed by atoms with E-state index in [-0.39, 0.29) is 0 Å². The van der Waals surface area contributed by atoms with E-state index >= 15 is 0 Å². The number of aromatic amines is 1. The number of ether oxygens (including phenoxy) is 1. The molecular weight excluding hydrogens is 118 g/mol. The molecule has 0 radical (unpaired) electrons. The van der Waals surface area contributed by atoms with E-state index in [4.69, 9.17) is 4.74 Å². The molecule has 0 bridgehead atoms. The first-order chi connectivity index (χ1) is 4.47. The third-order valence-corrected chi connectivity index (χ3v) is 1.25. The Morgan fingerprint density at radius 3 is 3.56 bits per heavy atom. The van der Waals surface area contributed by atoms with E-state index < -0.39 is 0 Å². The highest BCUT2D eigenvalue weighted by atomic mass is 16.5. The molecule has 0 atom stereocenters. The number of anilines is 1. The van der Waals surface area contributed by atoms with Crippen LogP contribution < -0.4 is 10.1 Å². The van der Waals surface area contributed by atoms with Crippen LogP contribution in [-0.4, -0.2) is 23.1 Å². The Balaban J connectivity index is 2.39. The molecule has 2 heterocycles. The Hall–Kier alpha value is -1.19. The number of nitrogens with one attached hydrogen (secondary N) is 2. The normalized spacial score (nSPS) is 15.6. The van der Waals surface area contributed by atoms with E-state index in [0.29, 0.717) is 12.5 Å². The third-order valence-electron chi connectivity index (χ3n) is 1.25. The maximum Gasteiger partial charge on any atom is 0.256 e. The molecular formula is C5H7N3O. The lowest BCUT2D eigenvalue weighted by Crippen LogP contribution is -2.17. The molecule has 0 saturated carbocycles. The van der Waals surface area contributed by atoms with Crippen molar-refractivity contribution in [3.05, 3.63) is 6.33 Å². The molecule has 48 valence electrons. The minimum atomic E-state index is 0.682. The molecule has 1 aromatic heterocycles. The van der Waals surface area contributed by atoms with Gasteiger partial charge in [0.05, 0.1) is 12.9 Å². The van der Waals surface area contributed by atoms with E-state index in [2.05, 4.69) is 15.3 Å². The lowest BCUT2D eigenvalue weighted by atomic mass is 10.5. The van der Waals surface area contributed by atoms with Crippen molar-refractivity contribution in [2.75, 3.05) is 18.5 Å². The third kappa shape index (κ3) is 0.630. The molecule has 2 rings (SSSR count). The van der Waals surface area contributed by atoms with Crippen molar-refractivity contribution in [1.82, 2.24) is 9.97 Å². The number of hydrogen-bond donors (Lipinski definition) is 2. The minimum absolute atomic E-state index is 0.682. The van der Waals surface area contributed by atoms with Crippen molar-refractivity contribution in [3.8, 4) is 5.88 Å². The van der Waals surface area contributed by atoms with Crippen molar-refractivity contribution in [2.24, 2.45) is 0 Å². The van der Waals surface area contributed by atoms with Gasteiger partial charge in [-0.25, -0.2) is 4.98 Å². The van der Waals surface area contributed by atoms with Crippen LogP contribution in [0.1, 0.15) is 0 Å². The highest BCUT2D eigenvalue weighted by Crippen LogP contribution is 2.20. The highest BCUT2D eigenvalue weighted by molar-refractivity contribution is 5.46. The first-order valence-corrected chi connectivity index (χ1v) is 2.87. The van der Waals surface area contributed by atoms with Crippen LogP contribution >= 0.6 is 0 Å². The maximum absolute atomic E-state index is 5.16. The first kappa shape index (κ1) is 4.67. The van der Waals surface area contributed by atoms with Gasteiger partial charge in [-0.3, -0.25) is 0 Å². The molecule has 1 aromatic rings. The highest BCUT2D eigenvalue weighted by Gasteiger charge is 2.09. The van der Waals surface area contributed by atoms with E-state index in [9.17, 15) is 0 Å². The maximum atomic E-state index is 5.16. The van der Waals surface area contributed by atoms with Crippen LogP contribution in [-0.2, 0) is 0 Å². The fourth-order valence-electron chi connectivity index (χ4n) is 0.842. The number of aromatic nitrogens is 2. The lowest BCUT2D eigenvalue weighted by Gasteiger charge is -2.12. The smallest absolute Gasteiger partial charge is 0.256 e. The number of H-pyrrole nitrogens is 1. The molecule has 1 aliphatic rings. The summed E-state index contributed by atoms with van der Waals surface area (Å²) in [6, 6.07) is 0. The van der Waals surface area contributed by atoms with Crippen LogP contribution in [0.15, 0.2) is 6.33 Å². The Kier molecular flexibility index (Phi) is 0.855. The Morgan fingerprint density at radius 1 is 1.67 bits per heavy atom. The molecule has 0 amide bonds. The largest absolute Gasteiger partial charge is 0.473 e. The van der Waals surface area contributed by atoms with Gasteiger partial charge in [0.1, 0.15) is 6.61 Å². The molecule has 0 fully saturated rings. The number of hydrogen-bond acceptors (Lipinski definition) is 3. The van der Waals surface area contributed by atoms with Crippen molar-refractivity contribution < 1.29 is 4.74 Å². The summed E-state index contributed by atoms with van der Waals surface area (Å²) in [5.74, 6) is 1.57. The SMILES string of the molecule is c1nc2c([nH]1)NCCO2. The summed E-state index contributed by atoms with van der Waals surface area (Å²) in [6.45, 7) is 1.56. The van der Waals surface area contributed by atoms with Gasteiger partial charge in [0, 0.05) is 0 Å². The van der Waals surface area contributed by atoms with E-state index in [1.165, 1.54) is 0 Å². The zero-order chi connectivity index (χ0) is 6.10. The minimum Gasteiger partial charge on any atom is -0.473 e.